The fourth-order valence-electron chi connectivity index (χ4n) is 3.79. The first kappa shape index (κ1) is 18.5. The van der Waals surface area contributed by atoms with E-state index in [0.29, 0.717) is 21.5 Å². The van der Waals surface area contributed by atoms with Gasteiger partial charge in [0, 0.05) is 28.8 Å². The first-order valence-corrected chi connectivity index (χ1v) is 10.8. The molecule has 2 aromatic heterocycles. The Morgan fingerprint density at radius 2 is 1.47 bits per heavy atom. The van der Waals surface area contributed by atoms with Crippen molar-refractivity contribution >= 4 is 50.2 Å². The van der Waals surface area contributed by atoms with Gasteiger partial charge in [-0.05, 0) is 35.0 Å². The Labute approximate surface area is 186 Å². The standard InChI is InChI=1S/C27H13NO3S/c29-25-20-12-17-8-4-5-9-18(17)13-21(20)26(30)22(25)15-24-28-27-23(31-24)14-19(32-27)11-10-16-6-2-1-3-7-16/h1-9,12-15H. The fraction of sp³-hybridized carbons (Fsp3) is 0. The van der Waals surface area contributed by atoms with Crippen molar-refractivity contribution in [2.45, 2.75) is 0 Å². The lowest BCUT2D eigenvalue weighted by Gasteiger charge is -2.00. The molecule has 0 fully saturated rings. The van der Waals surface area contributed by atoms with Crippen molar-refractivity contribution in [1.29, 1.82) is 0 Å². The number of benzene rings is 3. The number of carbonyl (C=O) groups excluding carboxylic acids is 2. The molecule has 0 radical (unpaired) electrons. The topological polar surface area (TPSA) is 60.2 Å². The summed E-state index contributed by atoms with van der Waals surface area (Å²) in [5.74, 6) is 5.87. The molecule has 0 saturated carbocycles. The molecule has 0 N–H and O–H groups in total. The highest BCUT2D eigenvalue weighted by Gasteiger charge is 2.34. The molecule has 0 atom stereocenters. The number of fused-ring (bicyclic) bond motifs is 3. The van der Waals surface area contributed by atoms with Gasteiger partial charge in [-0.1, -0.05) is 54.3 Å². The number of oxazole rings is 1. The second kappa shape index (κ2) is 7.16. The van der Waals surface area contributed by atoms with Crippen LogP contribution in [-0.2, 0) is 0 Å². The average molecular weight is 431 g/mol. The Balaban J connectivity index is 1.33. The van der Waals surface area contributed by atoms with Crippen LogP contribution in [-0.4, -0.2) is 16.6 Å². The Morgan fingerprint density at radius 1 is 0.812 bits per heavy atom. The van der Waals surface area contributed by atoms with Gasteiger partial charge >= 0.3 is 0 Å². The van der Waals surface area contributed by atoms with Crippen molar-refractivity contribution in [3.63, 3.8) is 0 Å². The predicted molar refractivity (Wildman–Crippen MR) is 125 cm³/mol. The van der Waals surface area contributed by atoms with E-state index >= 15 is 0 Å². The lowest BCUT2D eigenvalue weighted by Crippen LogP contribution is -2.00. The van der Waals surface area contributed by atoms with Gasteiger partial charge in [-0.15, -0.1) is 11.3 Å². The van der Waals surface area contributed by atoms with Crippen molar-refractivity contribution in [1.82, 2.24) is 4.98 Å². The first-order valence-electron chi connectivity index (χ1n) is 9.97. The van der Waals surface area contributed by atoms with Crippen LogP contribution in [0.5, 0.6) is 0 Å². The van der Waals surface area contributed by atoms with Crippen LogP contribution < -0.4 is 0 Å². The molecular formula is C27H13NO3S. The van der Waals surface area contributed by atoms with Crippen LogP contribution in [0.1, 0.15) is 37.0 Å². The SMILES string of the molecule is O=C1C(=Cc2nc3sc(C#Cc4ccccc4)cc3o2)C(=O)c2cc3ccccc3cc21. The quantitative estimate of drug-likeness (QED) is 0.188. The van der Waals surface area contributed by atoms with E-state index < -0.39 is 0 Å². The summed E-state index contributed by atoms with van der Waals surface area (Å²) in [6, 6.07) is 22.8. The molecule has 32 heavy (non-hydrogen) atoms. The third-order valence-corrected chi connectivity index (χ3v) is 6.27. The maximum absolute atomic E-state index is 12.9. The second-order valence-electron chi connectivity index (χ2n) is 7.41. The number of rotatable bonds is 1. The highest BCUT2D eigenvalue weighted by Crippen LogP contribution is 2.32. The molecule has 0 spiro atoms. The molecule has 5 aromatic rings. The summed E-state index contributed by atoms with van der Waals surface area (Å²) in [4.78, 5) is 31.8. The molecule has 6 rings (SSSR count). The minimum Gasteiger partial charge on any atom is -0.436 e. The van der Waals surface area contributed by atoms with Gasteiger partial charge in [0.1, 0.15) is 0 Å². The summed E-state index contributed by atoms with van der Waals surface area (Å²) >= 11 is 1.41. The van der Waals surface area contributed by atoms with Crippen LogP contribution in [0.4, 0.5) is 0 Å². The molecule has 0 saturated heterocycles. The summed E-state index contributed by atoms with van der Waals surface area (Å²) in [5.41, 5.74) is 2.44. The van der Waals surface area contributed by atoms with Gasteiger partial charge in [-0.2, -0.15) is 4.98 Å². The van der Waals surface area contributed by atoms with Crippen LogP contribution in [0.15, 0.2) is 82.8 Å². The van der Waals surface area contributed by atoms with E-state index in [9.17, 15) is 9.59 Å². The number of hydrogen-bond acceptors (Lipinski definition) is 5. The fourth-order valence-corrected chi connectivity index (χ4v) is 4.61. The van der Waals surface area contributed by atoms with Gasteiger partial charge in [-0.3, -0.25) is 9.59 Å². The average Bonchev–Trinajstić information content (AvgIpc) is 3.44. The summed E-state index contributed by atoms with van der Waals surface area (Å²) in [7, 11) is 0. The van der Waals surface area contributed by atoms with E-state index in [1.807, 2.05) is 60.7 Å². The first-order chi connectivity index (χ1) is 15.7. The maximum atomic E-state index is 12.9. The Kier molecular flexibility index (Phi) is 4.14. The van der Waals surface area contributed by atoms with Gasteiger partial charge in [0.25, 0.3) is 0 Å². The highest BCUT2D eigenvalue weighted by molar-refractivity contribution is 7.19. The van der Waals surface area contributed by atoms with Crippen molar-refractivity contribution in [3.8, 4) is 11.8 Å². The Hall–Kier alpha value is -4.27. The van der Waals surface area contributed by atoms with Crippen molar-refractivity contribution in [3.05, 3.63) is 106 Å². The molecular weight excluding hydrogens is 418 g/mol. The largest absolute Gasteiger partial charge is 0.436 e. The minimum absolute atomic E-state index is 0.0771. The molecule has 2 heterocycles. The van der Waals surface area contributed by atoms with Crippen LogP contribution >= 0.6 is 11.3 Å². The Morgan fingerprint density at radius 3 is 2.12 bits per heavy atom. The minimum atomic E-state index is -0.299. The van der Waals surface area contributed by atoms with E-state index in [2.05, 4.69) is 16.8 Å². The van der Waals surface area contributed by atoms with E-state index in [1.165, 1.54) is 17.4 Å². The molecule has 0 unspecified atom stereocenters. The number of nitrogens with zero attached hydrogens (tertiary/aromatic N) is 1. The van der Waals surface area contributed by atoms with E-state index in [0.717, 1.165) is 21.2 Å². The summed E-state index contributed by atoms with van der Waals surface area (Å²) in [6.45, 7) is 0. The summed E-state index contributed by atoms with van der Waals surface area (Å²) in [5, 5.41) is 1.85. The van der Waals surface area contributed by atoms with Crippen molar-refractivity contribution in [2.75, 3.05) is 0 Å². The van der Waals surface area contributed by atoms with Gasteiger partial charge in [0.2, 0.25) is 5.89 Å². The lowest BCUT2D eigenvalue weighted by atomic mass is 10.0. The Bertz CT molecular complexity index is 1570. The van der Waals surface area contributed by atoms with E-state index in [-0.39, 0.29) is 23.0 Å². The van der Waals surface area contributed by atoms with Crippen LogP contribution in [0.3, 0.4) is 0 Å². The van der Waals surface area contributed by atoms with Gasteiger partial charge in [0.15, 0.2) is 22.0 Å². The van der Waals surface area contributed by atoms with Crippen LogP contribution in [0.25, 0.3) is 27.3 Å². The van der Waals surface area contributed by atoms with E-state index in [4.69, 9.17) is 4.42 Å². The highest BCUT2D eigenvalue weighted by atomic mass is 32.1. The number of allylic oxidation sites excluding steroid dienone is 1. The zero-order chi connectivity index (χ0) is 21.7. The summed E-state index contributed by atoms with van der Waals surface area (Å²) < 4.78 is 5.79. The molecule has 4 nitrogen and oxygen atoms in total. The monoisotopic (exact) mass is 431 g/mol. The van der Waals surface area contributed by atoms with Gasteiger partial charge < -0.3 is 4.42 Å². The lowest BCUT2D eigenvalue weighted by molar-refractivity contribution is 0.0990. The number of thiophene rings is 1. The second-order valence-corrected chi connectivity index (χ2v) is 8.44. The zero-order valence-electron chi connectivity index (χ0n) is 16.6. The third kappa shape index (κ3) is 3.06. The third-order valence-electron chi connectivity index (χ3n) is 5.34. The molecule has 5 heteroatoms. The molecule has 0 bridgehead atoms. The normalized spacial score (nSPS) is 12.8. The number of Topliss-reactive ketones (excluding diaryl/α,β-unsaturated/α-hetero) is 2. The van der Waals surface area contributed by atoms with Gasteiger partial charge in [-0.25, -0.2) is 0 Å². The molecule has 150 valence electrons. The molecule has 0 amide bonds. The number of carbonyl (C=O) groups is 2. The number of hydrogen-bond donors (Lipinski definition) is 0. The molecule has 0 aliphatic heterocycles. The molecule has 3 aromatic carbocycles. The predicted octanol–water partition coefficient (Wildman–Crippen LogP) is 5.90. The number of aromatic nitrogens is 1. The van der Waals surface area contributed by atoms with E-state index in [1.54, 1.807) is 12.1 Å². The number of ketones is 2. The van der Waals surface area contributed by atoms with Crippen LogP contribution in [0, 0.1) is 11.8 Å². The van der Waals surface area contributed by atoms with Crippen molar-refractivity contribution < 1.29 is 14.0 Å². The van der Waals surface area contributed by atoms with Crippen molar-refractivity contribution in [2.24, 2.45) is 0 Å². The maximum Gasteiger partial charge on any atom is 0.221 e. The molecule has 1 aliphatic rings. The van der Waals surface area contributed by atoms with Gasteiger partial charge in [0.05, 0.1) is 10.5 Å². The smallest absolute Gasteiger partial charge is 0.221 e. The van der Waals surface area contributed by atoms with Crippen LogP contribution in [0.2, 0.25) is 0 Å². The summed E-state index contributed by atoms with van der Waals surface area (Å²) in [6.07, 6.45) is 1.44. The molecule has 1 aliphatic carbocycles. The zero-order valence-corrected chi connectivity index (χ0v) is 17.4.